The van der Waals surface area contributed by atoms with Crippen LogP contribution in [0.3, 0.4) is 0 Å². The predicted molar refractivity (Wildman–Crippen MR) is 134 cm³/mol. The van der Waals surface area contributed by atoms with Gasteiger partial charge in [-0.1, -0.05) is 69.5 Å². The normalized spacial score (nSPS) is 12.5. The van der Waals surface area contributed by atoms with Crippen LogP contribution in [0, 0.1) is 11.3 Å². The first-order valence-electron chi connectivity index (χ1n) is 9.84. The van der Waals surface area contributed by atoms with E-state index in [0.29, 0.717) is 5.56 Å². The molecule has 7 nitrogen and oxygen atoms in total. The van der Waals surface area contributed by atoms with E-state index in [-0.39, 0.29) is 43.6 Å². The smallest absolute Gasteiger partial charge is 0.320 e. The van der Waals surface area contributed by atoms with Crippen LogP contribution in [0.15, 0.2) is 70.0 Å². The first-order valence-corrected chi connectivity index (χ1v) is 14.4. The number of alkyl halides is 2. The van der Waals surface area contributed by atoms with Crippen LogP contribution in [0.4, 0.5) is 8.78 Å². The highest BCUT2D eigenvalue weighted by molar-refractivity contribution is 9.10. The van der Waals surface area contributed by atoms with Crippen LogP contribution in [0.1, 0.15) is 22.3 Å². The predicted octanol–water partition coefficient (Wildman–Crippen LogP) is 6.25. The molecule has 0 spiro atoms. The molecule has 0 heterocycles. The average molecular weight is 640 g/mol. The first-order chi connectivity index (χ1) is 16.7. The molecule has 36 heavy (non-hydrogen) atoms. The molecule has 0 fully saturated rings. The molecule has 0 atom stereocenters. The maximum atomic E-state index is 14.2. The minimum absolute atomic E-state index is 0.0885. The Morgan fingerprint density at radius 3 is 2.14 bits per heavy atom. The molecule has 0 radical (unpaired) electrons. The Bertz CT molecular complexity index is 1510. The molecule has 0 saturated heterocycles. The van der Waals surface area contributed by atoms with Crippen LogP contribution in [0.2, 0.25) is 10.0 Å². The molecule has 0 aliphatic heterocycles. The number of nitriles is 1. The van der Waals surface area contributed by atoms with Gasteiger partial charge in [-0.2, -0.15) is 18.3 Å². The molecule has 0 aliphatic rings. The van der Waals surface area contributed by atoms with E-state index < -0.39 is 28.8 Å². The van der Waals surface area contributed by atoms with Gasteiger partial charge < -0.3 is 9.79 Å². The van der Waals surface area contributed by atoms with Gasteiger partial charge >= 0.3 is 13.3 Å². The first kappa shape index (κ1) is 28.7. The maximum absolute atomic E-state index is 14.2. The van der Waals surface area contributed by atoms with Crippen LogP contribution in [-0.2, 0) is 33.3 Å². The zero-order valence-corrected chi connectivity index (χ0v) is 22.8. The van der Waals surface area contributed by atoms with Crippen molar-refractivity contribution in [1.82, 2.24) is 4.31 Å². The standard InChI is InChI=1S/C22H16BrCl2F2N2O5PS/c23-18-9-14(5-7-17(18)22(26,27)35(30,31)32)12-29(13-15-6-8-19(24)20(25)10-15)36(33,34)21-4-2-1-3-16(21)11-28/h1-10H,12-13H2,(H2,30,31,32). The zero-order chi connectivity index (χ0) is 26.9. The summed E-state index contributed by atoms with van der Waals surface area (Å²) in [5.41, 5.74) is -4.80. The number of nitrogens with zero attached hydrogens (tertiary/aromatic N) is 2. The van der Waals surface area contributed by atoms with Crippen LogP contribution in [0.25, 0.3) is 0 Å². The topological polar surface area (TPSA) is 119 Å². The van der Waals surface area contributed by atoms with E-state index in [1.54, 1.807) is 6.07 Å². The quantitative estimate of drug-likeness (QED) is 0.282. The van der Waals surface area contributed by atoms with Gasteiger partial charge in [0, 0.05) is 23.1 Å². The minimum atomic E-state index is -5.81. The van der Waals surface area contributed by atoms with E-state index in [0.717, 1.165) is 22.5 Å². The third-order valence-corrected chi connectivity index (χ3v) is 9.27. The molecule has 3 rings (SSSR count). The molecule has 14 heteroatoms. The third kappa shape index (κ3) is 5.98. The monoisotopic (exact) mass is 638 g/mol. The van der Waals surface area contributed by atoms with Crippen LogP contribution in [0.5, 0.6) is 0 Å². The summed E-state index contributed by atoms with van der Waals surface area (Å²) in [6, 6.07) is 15.0. The van der Waals surface area contributed by atoms with Crippen molar-refractivity contribution in [3.63, 3.8) is 0 Å². The van der Waals surface area contributed by atoms with E-state index in [1.165, 1.54) is 36.4 Å². The second-order valence-corrected chi connectivity index (χ2v) is 12.8. The Morgan fingerprint density at radius 1 is 1.00 bits per heavy atom. The summed E-state index contributed by atoms with van der Waals surface area (Å²) in [6.07, 6.45) is 0. The lowest BCUT2D eigenvalue weighted by molar-refractivity contribution is 0.0557. The van der Waals surface area contributed by atoms with Crippen molar-refractivity contribution in [3.8, 4) is 6.07 Å². The van der Waals surface area contributed by atoms with E-state index in [2.05, 4.69) is 15.9 Å². The summed E-state index contributed by atoms with van der Waals surface area (Å²) in [5.74, 6) is 0. The Hall–Kier alpha value is -1.87. The minimum Gasteiger partial charge on any atom is -0.320 e. The fraction of sp³-hybridized carbons (Fsp3) is 0.136. The second-order valence-electron chi connectivity index (χ2n) is 7.53. The molecule has 0 bridgehead atoms. The number of rotatable bonds is 8. The van der Waals surface area contributed by atoms with E-state index >= 15 is 0 Å². The molecule has 2 N–H and O–H groups in total. The van der Waals surface area contributed by atoms with Crippen molar-refractivity contribution < 1.29 is 31.6 Å². The Morgan fingerprint density at radius 2 is 1.58 bits per heavy atom. The molecule has 0 aliphatic carbocycles. The maximum Gasteiger partial charge on any atom is 0.399 e. The molecule has 0 aromatic heterocycles. The van der Waals surface area contributed by atoms with Crippen molar-refractivity contribution in [2.45, 2.75) is 23.6 Å². The average Bonchev–Trinajstić information content (AvgIpc) is 2.80. The Labute approximate surface area is 224 Å². The molecule has 190 valence electrons. The van der Waals surface area contributed by atoms with Crippen LogP contribution < -0.4 is 0 Å². The van der Waals surface area contributed by atoms with E-state index in [1.807, 2.05) is 6.07 Å². The van der Waals surface area contributed by atoms with Crippen molar-refractivity contribution in [2.24, 2.45) is 0 Å². The summed E-state index contributed by atoms with van der Waals surface area (Å²) in [7, 11) is -10.1. The molecule has 0 saturated carbocycles. The summed E-state index contributed by atoms with van der Waals surface area (Å²) < 4.78 is 67.6. The molecule has 0 amide bonds. The fourth-order valence-electron chi connectivity index (χ4n) is 3.25. The van der Waals surface area contributed by atoms with Crippen molar-refractivity contribution in [2.75, 3.05) is 0 Å². The number of hydrogen-bond acceptors (Lipinski definition) is 4. The molecule has 3 aromatic carbocycles. The summed E-state index contributed by atoms with van der Waals surface area (Å²) >= 11 is 14.9. The van der Waals surface area contributed by atoms with Gasteiger partial charge in [0.05, 0.1) is 20.5 Å². The lowest BCUT2D eigenvalue weighted by atomic mass is 10.1. The van der Waals surface area contributed by atoms with Gasteiger partial charge in [-0.15, -0.1) is 0 Å². The van der Waals surface area contributed by atoms with Gasteiger partial charge in [-0.25, -0.2) is 8.42 Å². The third-order valence-electron chi connectivity index (χ3n) is 5.05. The summed E-state index contributed by atoms with van der Waals surface area (Å²) in [4.78, 5) is 17.8. The lowest BCUT2D eigenvalue weighted by Crippen LogP contribution is -2.31. The number of sulfonamides is 1. The fourth-order valence-corrected chi connectivity index (χ4v) is 6.47. The molecule has 0 unspecified atom stereocenters. The highest BCUT2D eigenvalue weighted by atomic mass is 79.9. The highest BCUT2D eigenvalue weighted by Crippen LogP contribution is 2.60. The van der Waals surface area contributed by atoms with Gasteiger partial charge in [0.2, 0.25) is 10.0 Å². The SMILES string of the molecule is N#Cc1ccccc1S(=O)(=O)N(Cc1ccc(Cl)c(Cl)c1)Cc1ccc(C(F)(F)P(=O)(O)O)c(Br)c1. The number of benzene rings is 3. The van der Waals surface area contributed by atoms with E-state index in [9.17, 15) is 27.0 Å². The highest BCUT2D eigenvalue weighted by Gasteiger charge is 2.51. The van der Waals surface area contributed by atoms with Crippen molar-refractivity contribution in [3.05, 3.63) is 97.4 Å². The zero-order valence-electron chi connectivity index (χ0n) is 17.9. The lowest BCUT2D eigenvalue weighted by Gasteiger charge is -2.24. The van der Waals surface area contributed by atoms with Crippen LogP contribution in [-0.4, -0.2) is 22.5 Å². The van der Waals surface area contributed by atoms with E-state index in [4.69, 9.17) is 33.0 Å². The summed E-state index contributed by atoms with van der Waals surface area (Å²) in [5, 5.41) is 9.86. The molecule has 3 aromatic rings. The van der Waals surface area contributed by atoms with Gasteiger partial charge in [0.1, 0.15) is 6.07 Å². The largest absolute Gasteiger partial charge is 0.399 e. The number of halogens is 5. The second kappa shape index (κ2) is 10.9. The van der Waals surface area contributed by atoms with Crippen LogP contribution >= 0.6 is 46.7 Å². The molecular weight excluding hydrogens is 624 g/mol. The van der Waals surface area contributed by atoms with Crippen molar-refractivity contribution in [1.29, 1.82) is 5.26 Å². The van der Waals surface area contributed by atoms with Crippen molar-refractivity contribution >= 4 is 56.8 Å². The van der Waals surface area contributed by atoms with Gasteiger partial charge in [0.25, 0.3) is 0 Å². The number of hydrogen-bond donors (Lipinski definition) is 2. The summed E-state index contributed by atoms with van der Waals surface area (Å²) in [6.45, 7) is -0.542. The Kier molecular flexibility index (Phi) is 8.65. The molecular formula is C22H16BrCl2F2N2O5PS. The Balaban J connectivity index is 2.07. The van der Waals surface area contributed by atoms with Gasteiger partial charge in [-0.3, -0.25) is 4.57 Å². The van der Waals surface area contributed by atoms with Gasteiger partial charge in [0.15, 0.2) is 0 Å². The van der Waals surface area contributed by atoms with Gasteiger partial charge in [-0.05, 0) is 41.5 Å².